The molecule has 1 atom stereocenters. The summed E-state index contributed by atoms with van der Waals surface area (Å²) in [4.78, 5) is 16.9. The first kappa shape index (κ1) is 17.4. The maximum Gasteiger partial charge on any atom is 0.185 e. The Balaban J connectivity index is 1.92. The molecule has 0 unspecified atom stereocenters. The van der Waals surface area contributed by atoms with Gasteiger partial charge in [-0.1, -0.05) is 17.8 Å². The molecule has 3 rings (SSSR count). The number of amidine groups is 1. The van der Waals surface area contributed by atoms with Gasteiger partial charge in [-0.05, 0) is 49.1 Å². The van der Waals surface area contributed by atoms with Gasteiger partial charge in [0.25, 0.3) is 0 Å². The lowest BCUT2D eigenvalue weighted by Gasteiger charge is -2.26. The van der Waals surface area contributed by atoms with E-state index in [1.165, 1.54) is 17.8 Å². The number of benzene rings is 1. The second kappa shape index (κ2) is 6.48. The third kappa shape index (κ3) is 3.51. The number of aromatic nitrogens is 2. The lowest BCUT2D eigenvalue weighted by Crippen LogP contribution is -2.25. The molecule has 1 aliphatic rings. The molecular formula is C18H19FN4OS. The molecule has 5 nitrogen and oxygen atoms in total. The number of ketones is 1. The first-order valence-electron chi connectivity index (χ1n) is 7.81. The Bertz CT molecular complexity index is 902. The third-order valence-corrected chi connectivity index (χ3v) is 4.76. The third-order valence-electron chi connectivity index (χ3n) is 4.15. The first-order chi connectivity index (χ1) is 11.8. The quantitative estimate of drug-likeness (QED) is 0.853. The van der Waals surface area contributed by atoms with Crippen molar-refractivity contribution in [3.8, 4) is 0 Å². The second-order valence-corrected chi connectivity index (χ2v) is 7.15. The summed E-state index contributed by atoms with van der Waals surface area (Å²) < 4.78 is 16.0. The summed E-state index contributed by atoms with van der Waals surface area (Å²) in [6.07, 6.45) is 1.97. The molecule has 2 N–H and O–H groups in total. The summed E-state index contributed by atoms with van der Waals surface area (Å²) >= 11 is 1.30. The van der Waals surface area contributed by atoms with Gasteiger partial charge in [-0.3, -0.25) is 9.48 Å². The summed E-state index contributed by atoms with van der Waals surface area (Å²) in [5.74, 6) is -0.438. The average molecular weight is 358 g/mol. The molecule has 0 radical (unpaired) electrons. The number of hydrogen-bond acceptors (Lipinski definition) is 5. The van der Waals surface area contributed by atoms with Crippen molar-refractivity contribution in [3.63, 3.8) is 0 Å². The second-order valence-electron chi connectivity index (χ2n) is 6.23. The Kier molecular flexibility index (Phi) is 4.51. The largest absolute Gasteiger partial charge is 0.378 e. The van der Waals surface area contributed by atoms with Crippen molar-refractivity contribution in [2.24, 2.45) is 17.8 Å². The predicted molar refractivity (Wildman–Crippen MR) is 98.1 cm³/mol. The minimum Gasteiger partial charge on any atom is -0.378 e. The van der Waals surface area contributed by atoms with Crippen molar-refractivity contribution in [1.82, 2.24) is 9.78 Å². The van der Waals surface area contributed by atoms with Crippen molar-refractivity contribution in [2.45, 2.75) is 25.8 Å². The van der Waals surface area contributed by atoms with Crippen molar-refractivity contribution >= 4 is 22.7 Å². The van der Waals surface area contributed by atoms with Crippen LogP contribution in [0.3, 0.4) is 0 Å². The van der Waals surface area contributed by atoms with E-state index in [4.69, 9.17) is 5.73 Å². The van der Waals surface area contributed by atoms with Crippen LogP contribution in [0.2, 0.25) is 0 Å². The van der Waals surface area contributed by atoms with E-state index in [9.17, 15) is 9.18 Å². The Labute approximate surface area is 149 Å². The van der Waals surface area contributed by atoms with Crippen molar-refractivity contribution < 1.29 is 9.18 Å². The molecule has 130 valence electrons. The minimum atomic E-state index is -0.873. The standard InChI is InChI=1S/C18H19FN4OS/c1-11-8-15(23(3)22-11)16(24)10-12-4-5-14(19)13(9-12)18(2)6-7-25-17(20)21-18/h4-9H,10H2,1-3H3,(H2,20,21)/t18-/m0/s1. The van der Waals surface area contributed by atoms with Crippen LogP contribution in [-0.2, 0) is 19.0 Å². The fourth-order valence-electron chi connectivity index (χ4n) is 2.90. The number of Topliss-reactive ketones (excluding diaryl/α,β-unsaturated/α-hetero) is 1. The normalized spacial score (nSPS) is 19.8. The van der Waals surface area contributed by atoms with Crippen molar-refractivity contribution in [1.29, 1.82) is 0 Å². The molecule has 1 aromatic heterocycles. The number of aliphatic imine (C=N–C) groups is 1. The summed E-state index contributed by atoms with van der Waals surface area (Å²) in [5.41, 5.74) is 7.36. The molecule has 2 aromatic rings. The zero-order chi connectivity index (χ0) is 18.2. The zero-order valence-electron chi connectivity index (χ0n) is 14.3. The molecule has 0 bridgehead atoms. The van der Waals surface area contributed by atoms with Crippen LogP contribution in [0.5, 0.6) is 0 Å². The summed E-state index contributed by atoms with van der Waals surface area (Å²) in [7, 11) is 1.74. The van der Waals surface area contributed by atoms with Crippen LogP contribution in [0, 0.1) is 12.7 Å². The lowest BCUT2D eigenvalue weighted by molar-refractivity contribution is 0.0984. The fourth-order valence-corrected chi connectivity index (χ4v) is 3.61. The number of hydrogen-bond donors (Lipinski definition) is 1. The average Bonchev–Trinajstić information content (AvgIpc) is 2.87. The molecule has 1 aromatic carbocycles. The maximum absolute atomic E-state index is 14.4. The van der Waals surface area contributed by atoms with Crippen LogP contribution >= 0.6 is 11.8 Å². The molecule has 1 aliphatic heterocycles. The summed E-state index contributed by atoms with van der Waals surface area (Å²) in [6, 6.07) is 6.43. The van der Waals surface area contributed by atoms with Gasteiger partial charge >= 0.3 is 0 Å². The molecule has 0 aliphatic carbocycles. The van der Waals surface area contributed by atoms with Crippen LogP contribution < -0.4 is 5.73 Å². The van der Waals surface area contributed by atoms with E-state index in [1.807, 2.05) is 13.0 Å². The van der Waals surface area contributed by atoms with Gasteiger partial charge in [0.15, 0.2) is 11.0 Å². The highest BCUT2D eigenvalue weighted by atomic mass is 32.2. The van der Waals surface area contributed by atoms with Crippen molar-refractivity contribution in [3.05, 3.63) is 64.1 Å². The highest BCUT2D eigenvalue weighted by Crippen LogP contribution is 2.34. The molecule has 7 heteroatoms. The molecule has 25 heavy (non-hydrogen) atoms. The Morgan fingerprint density at radius 2 is 2.16 bits per heavy atom. The van der Waals surface area contributed by atoms with E-state index in [-0.39, 0.29) is 18.0 Å². The van der Waals surface area contributed by atoms with Crippen molar-refractivity contribution in [2.75, 3.05) is 0 Å². The van der Waals surface area contributed by atoms with Crippen LogP contribution in [-0.4, -0.2) is 20.7 Å². The Morgan fingerprint density at radius 3 is 2.80 bits per heavy atom. The molecular weight excluding hydrogens is 339 g/mol. The van der Waals surface area contributed by atoms with Crippen LogP contribution in [0.1, 0.15) is 34.2 Å². The topological polar surface area (TPSA) is 73.3 Å². The number of aryl methyl sites for hydroxylation is 2. The van der Waals surface area contributed by atoms with Gasteiger partial charge < -0.3 is 5.73 Å². The molecule has 0 spiro atoms. The highest BCUT2D eigenvalue weighted by molar-refractivity contribution is 8.16. The molecule has 0 saturated carbocycles. The zero-order valence-corrected chi connectivity index (χ0v) is 15.1. The molecule has 2 heterocycles. The minimum absolute atomic E-state index is 0.0661. The molecule has 0 fully saturated rings. The summed E-state index contributed by atoms with van der Waals surface area (Å²) in [6.45, 7) is 3.63. The van der Waals surface area contributed by atoms with E-state index in [1.54, 1.807) is 42.3 Å². The number of carbonyl (C=O) groups excluding carboxylic acids is 1. The van der Waals surface area contributed by atoms with E-state index in [2.05, 4.69) is 10.1 Å². The van der Waals surface area contributed by atoms with Gasteiger partial charge in [-0.2, -0.15) is 5.10 Å². The predicted octanol–water partition coefficient (Wildman–Crippen LogP) is 3.08. The van der Waals surface area contributed by atoms with Crippen LogP contribution in [0.25, 0.3) is 0 Å². The first-order valence-corrected chi connectivity index (χ1v) is 8.69. The number of nitrogens with zero attached hydrogens (tertiary/aromatic N) is 3. The van der Waals surface area contributed by atoms with E-state index in [0.717, 1.165) is 11.3 Å². The smallest absolute Gasteiger partial charge is 0.185 e. The van der Waals surface area contributed by atoms with Gasteiger partial charge in [0.05, 0.1) is 5.69 Å². The van der Waals surface area contributed by atoms with E-state index in [0.29, 0.717) is 16.4 Å². The molecule has 0 amide bonds. The van der Waals surface area contributed by atoms with Gasteiger partial charge in [0, 0.05) is 19.0 Å². The van der Waals surface area contributed by atoms with Gasteiger partial charge in [0.1, 0.15) is 17.1 Å². The lowest BCUT2D eigenvalue weighted by atomic mass is 9.90. The van der Waals surface area contributed by atoms with Crippen LogP contribution in [0.15, 0.2) is 40.7 Å². The number of nitrogens with two attached hydrogens (primary N) is 1. The van der Waals surface area contributed by atoms with Gasteiger partial charge in [0.2, 0.25) is 0 Å². The Morgan fingerprint density at radius 1 is 1.40 bits per heavy atom. The molecule has 0 saturated heterocycles. The van der Waals surface area contributed by atoms with E-state index >= 15 is 0 Å². The summed E-state index contributed by atoms with van der Waals surface area (Å²) in [5, 5.41) is 6.38. The van der Waals surface area contributed by atoms with Crippen LogP contribution in [0.4, 0.5) is 4.39 Å². The maximum atomic E-state index is 14.4. The number of thioether (sulfide) groups is 1. The SMILES string of the molecule is Cc1cc(C(=O)Cc2ccc(F)c([C@]3(C)C=CSC(N)=N3)c2)n(C)n1. The monoisotopic (exact) mass is 358 g/mol. The van der Waals surface area contributed by atoms with Gasteiger partial charge in [-0.25, -0.2) is 9.38 Å². The number of rotatable bonds is 4. The number of carbonyl (C=O) groups is 1. The fraction of sp³-hybridized carbons (Fsp3) is 0.278. The Hall–Kier alpha value is -2.41. The van der Waals surface area contributed by atoms with E-state index < -0.39 is 5.54 Å². The number of halogens is 1. The highest BCUT2D eigenvalue weighted by Gasteiger charge is 2.29. The van der Waals surface area contributed by atoms with Gasteiger partial charge in [-0.15, -0.1) is 0 Å².